The Kier molecular flexibility index (Phi) is 4.63. The van der Waals surface area contributed by atoms with Gasteiger partial charge in [-0.05, 0) is 19.8 Å². The molecule has 0 amide bonds. The molecule has 0 aliphatic heterocycles. The molecule has 0 saturated heterocycles. The summed E-state index contributed by atoms with van der Waals surface area (Å²) < 4.78 is 0. The Morgan fingerprint density at radius 2 is 1.64 bits per heavy atom. The first-order chi connectivity index (χ1) is 6.65. The van der Waals surface area contributed by atoms with Gasteiger partial charge >= 0.3 is 0 Å². The summed E-state index contributed by atoms with van der Waals surface area (Å²) in [5.41, 5.74) is 0.882. The highest BCUT2D eigenvalue weighted by Crippen LogP contribution is 2.23. The fourth-order valence-corrected chi connectivity index (χ4v) is 1.95. The van der Waals surface area contributed by atoms with Crippen molar-refractivity contribution in [2.24, 2.45) is 0 Å². The lowest BCUT2D eigenvalue weighted by atomic mass is 10.1. The van der Waals surface area contributed by atoms with Crippen LogP contribution in [0.25, 0.3) is 0 Å². The summed E-state index contributed by atoms with van der Waals surface area (Å²) in [6.07, 6.45) is 4.32. The molecule has 0 N–H and O–H groups in total. The second-order valence-electron chi connectivity index (χ2n) is 3.29. The summed E-state index contributed by atoms with van der Waals surface area (Å²) in [6, 6.07) is 0. The van der Waals surface area contributed by atoms with Crippen LogP contribution in [-0.2, 0) is 6.42 Å². The summed E-state index contributed by atoms with van der Waals surface area (Å²) in [7, 11) is 0. The molecule has 2 nitrogen and oxygen atoms in total. The number of rotatable bonds is 4. The van der Waals surface area contributed by atoms with Crippen molar-refractivity contribution in [3.8, 4) is 0 Å². The van der Waals surface area contributed by atoms with Gasteiger partial charge in [-0.15, -0.1) is 0 Å². The molecule has 14 heavy (non-hydrogen) atoms. The Morgan fingerprint density at radius 1 is 1.07 bits per heavy atom. The van der Waals surface area contributed by atoms with Gasteiger partial charge in [-0.1, -0.05) is 43.0 Å². The van der Waals surface area contributed by atoms with Crippen molar-refractivity contribution in [2.75, 3.05) is 0 Å². The molecule has 4 heteroatoms. The molecule has 0 saturated carbocycles. The monoisotopic (exact) mass is 232 g/mol. The summed E-state index contributed by atoms with van der Waals surface area (Å²) >= 11 is 12.0. The Balaban J connectivity index is 2.75. The Bertz CT molecular complexity index is 290. The number of halogens is 2. The lowest BCUT2D eigenvalue weighted by molar-refractivity contribution is 0.713. The van der Waals surface area contributed by atoms with Gasteiger partial charge in [0.25, 0.3) is 0 Å². The lowest BCUT2D eigenvalue weighted by Gasteiger charge is -2.05. The zero-order chi connectivity index (χ0) is 10.6. The van der Waals surface area contributed by atoms with E-state index < -0.39 is 0 Å². The Labute approximate surface area is 94.7 Å². The number of aromatic nitrogens is 2. The maximum absolute atomic E-state index is 5.98. The van der Waals surface area contributed by atoms with Gasteiger partial charge in [-0.25, -0.2) is 9.97 Å². The molecule has 78 valence electrons. The van der Waals surface area contributed by atoms with Gasteiger partial charge in [0.05, 0.1) is 0 Å². The molecule has 0 aliphatic carbocycles. The van der Waals surface area contributed by atoms with E-state index in [9.17, 15) is 0 Å². The Hall–Kier alpha value is -0.340. The van der Waals surface area contributed by atoms with Crippen LogP contribution in [0.5, 0.6) is 0 Å². The predicted octanol–water partition coefficient (Wildman–Crippen LogP) is 3.82. The second kappa shape index (κ2) is 5.52. The van der Waals surface area contributed by atoms with Gasteiger partial charge in [0, 0.05) is 5.56 Å². The maximum Gasteiger partial charge on any atom is 0.137 e. The van der Waals surface area contributed by atoms with Crippen LogP contribution in [0.1, 0.15) is 37.6 Å². The highest BCUT2D eigenvalue weighted by Gasteiger charge is 2.08. The highest BCUT2D eigenvalue weighted by atomic mass is 35.5. The van der Waals surface area contributed by atoms with E-state index in [0.717, 1.165) is 18.4 Å². The number of hydrogen-bond donors (Lipinski definition) is 0. The van der Waals surface area contributed by atoms with E-state index in [1.807, 2.05) is 0 Å². The zero-order valence-electron chi connectivity index (χ0n) is 8.48. The van der Waals surface area contributed by atoms with Gasteiger partial charge in [-0.3, -0.25) is 0 Å². The molecule has 1 aromatic heterocycles. The first kappa shape index (κ1) is 11.7. The van der Waals surface area contributed by atoms with Crippen LogP contribution in [0.4, 0.5) is 0 Å². The minimum Gasteiger partial charge on any atom is -0.221 e. The quantitative estimate of drug-likeness (QED) is 0.583. The minimum absolute atomic E-state index is 0.499. The van der Waals surface area contributed by atoms with Crippen LogP contribution in [0.2, 0.25) is 10.3 Å². The number of aryl methyl sites for hydroxylation is 1. The number of unbranched alkanes of at least 4 members (excludes halogenated alkanes) is 2. The van der Waals surface area contributed by atoms with Crippen LogP contribution in [0.15, 0.2) is 0 Å². The Morgan fingerprint density at radius 3 is 2.14 bits per heavy atom. The SMILES string of the molecule is CCCCCc1c(Cl)nc(C)nc1Cl. The average Bonchev–Trinajstić information content (AvgIpc) is 2.09. The van der Waals surface area contributed by atoms with Crippen LogP contribution >= 0.6 is 23.2 Å². The normalized spacial score (nSPS) is 10.6. The smallest absolute Gasteiger partial charge is 0.137 e. The van der Waals surface area contributed by atoms with Crippen LogP contribution in [-0.4, -0.2) is 9.97 Å². The van der Waals surface area contributed by atoms with E-state index in [-0.39, 0.29) is 0 Å². The van der Waals surface area contributed by atoms with Gasteiger partial charge in [0.15, 0.2) is 0 Å². The van der Waals surface area contributed by atoms with Crippen LogP contribution < -0.4 is 0 Å². The van der Waals surface area contributed by atoms with Crippen molar-refractivity contribution in [3.05, 3.63) is 21.7 Å². The van der Waals surface area contributed by atoms with Gasteiger partial charge in [0.2, 0.25) is 0 Å². The molecule has 0 bridgehead atoms. The minimum atomic E-state index is 0.499. The van der Waals surface area contributed by atoms with E-state index in [1.54, 1.807) is 6.92 Å². The second-order valence-corrected chi connectivity index (χ2v) is 4.00. The number of nitrogens with zero attached hydrogens (tertiary/aromatic N) is 2. The molecule has 1 heterocycles. The van der Waals surface area contributed by atoms with Crippen molar-refractivity contribution in [1.82, 2.24) is 9.97 Å². The molecule has 0 aromatic carbocycles. The molecule has 1 rings (SSSR count). The van der Waals surface area contributed by atoms with Gasteiger partial charge < -0.3 is 0 Å². The van der Waals surface area contributed by atoms with Gasteiger partial charge in [0.1, 0.15) is 16.1 Å². The molecule has 0 fully saturated rings. The average molecular weight is 233 g/mol. The van der Waals surface area contributed by atoms with Crippen LogP contribution in [0.3, 0.4) is 0 Å². The molecular formula is C10H14Cl2N2. The largest absolute Gasteiger partial charge is 0.221 e. The van der Waals surface area contributed by atoms with Crippen molar-refractivity contribution in [3.63, 3.8) is 0 Å². The van der Waals surface area contributed by atoms with Crippen molar-refractivity contribution < 1.29 is 0 Å². The molecule has 0 atom stereocenters. The third-order valence-corrected chi connectivity index (χ3v) is 2.67. The summed E-state index contributed by atoms with van der Waals surface area (Å²) in [6.45, 7) is 3.95. The van der Waals surface area contributed by atoms with Crippen LogP contribution in [0, 0.1) is 6.92 Å². The van der Waals surface area contributed by atoms with E-state index in [1.165, 1.54) is 12.8 Å². The summed E-state index contributed by atoms with van der Waals surface area (Å²) in [5, 5.41) is 0.997. The third kappa shape index (κ3) is 3.10. The summed E-state index contributed by atoms with van der Waals surface area (Å²) in [5.74, 6) is 0.624. The molecule has 0 unspecified atom stereocenters. The molecule has 0 spiro atoms. The first-order valence-electron chi connectivity index (χ1n) is 4.83. The van der Waals surface area contributed by atoms with E-state index >= 15 is 0 Å². The maximum atomic E-state index is 5.98. The molecule has 1 aromatic rings. The first-order valence-corrected chi connectivity index (χ1v) is 5.59. The van der Waals surface area contributed by atoms with Gasteiger partial charge in [-0.2, -0.15) is 0 Å². The molecule has 0 radical (unpaired) electrons. The van der Waals surface area contributed by atoms with E-state index in [4.69, 9.17) is 23.2 Å². The number of hydrogen-bond acceptors (Lipinski definition) is 2. The lowest BCUT2D eigenvalue weighted by Crippen LogP contribution is -1.97. The summed E-state index contributed by atoms with van der Waals surface area (Å²) in [4.78, 5) is 8.17. The topological polar surface area (TPSA) is 25.8 Å². The third-order valence-electron chi connectivity index (χ3n) is 2.05. The predicted molar refractivity (Wildman–Crippen MR) is 60.0 cm³/mol. The molecular weight excluding hydrogens is 219 g/mol. The zero-order valence-corrected chi connectivity index (χ0v) is 9.99. The standard InChI is InChI=1S/C10H14Cl2N2/c1-3-4-5-6-8-9(11)13-7(2)14-10(8)12/h3-6H2,1-2H3. The van der Waals surface area contributed by atoms with Crippen molar-refractivity contribution >= 4 is 23.2 Å². The molecule has 0 aliphatic rings. The van der Waals surface area contributed by atoms with E-state index in [2.05, 4.69) is 16.9 Å². The van der Waals surface area contributed by atoms with Crippen molar-refractivity contribution in [1.29, 1.82) is 0 Å². The highest BCUT2D eigenvalue weighted by molar-refractivity contribution is 6.34. The van der Waals surface area contributed by atoms with E-state index in [0.29, 0.717) is 16.1 Å². The fourth-order valence-electron chi connectivity index (χ4n) is 1.29. The fraction of sp³-hybridized carbons (Fsp3) is 0.600. The van der Waals surface area contributed by atoms with Crippen molar-refractivity contribution in [2.45, 2.75) is 39.5 Å².